The molecule has 0 N–H and O–H groups in total. The van der Waals surface area contributed by atoms with Gasteiger partial charge in [-0.15, -0.1) is 0 Å². The first-order valence-corrected chi connectivity index (χ1v) is 15.8. The van der Waals surface area contributed by atoms with Gasteiger partial charge in [-0.2, -0.15) is 0 Å². The molecule has 2 heterocycles. The van der Waals surface area contributed by atoms with Crippen molar-refractivity contribution >= 4 is 65.0 Å². The van der Waals surface area contributed by atoms with E-state index < -0.39 is 0 Å². The molecule has 0 radical (unpaired) electrons. The Morgan fingerprint density at radius 3 is 1.77 bits per heavy atom. The number of benzene rings is 8. The summed E-state index contributed by atoms with van der Waals surface area (Å²) < 4.78 is 6.26. The van der Waals surface area contributed by atoms with E-state index >= 15 is 0 Å². The standard InChI is InChI=1S/C43H25N3O/c1-3-12-30-26(10-1)20-21-28-24-29(22-23-32(28)30)41-44-42(36-17-9-19-39-40(36)35-16-7-8-18-38(35)47-39)46-43(45-41)37-25-27-11-2-4-13-31(27)33-14-5-6-15-34(33)37/h1-25H. The molecular weight excluding hydrogens is 574 g/mol. The van der Waals surface area contributed by atoms with E-state index in [4.69, 9.17) is 19.4 Å². The van der Waals surface area contributed by atoms with E-state index in [1.54, 1.807) is 0 Å². The van der Waals surface area contributed by atoms with E-state index in [9.17, 15) is 0 Å². The smallest absolute Gasteiger partial charge is 0.164 e. The van der Waals surface area contributed by atoms with E-state index in [0.29, 0.717) is 17.5 Å². The van der Waals surface area contributed by atoms with Gasteiger partial charge >= 0.3 is 0 Å². The molecule has 8 aromatic carbocycles. The summed E-state index contributed by atoms with van der Waals surface area (Å²) in [6, 6.07) is 52.8. The van der Waals surface area contributed by atoms with Crippen LogP contribution in [0, 0.1) is 0 Å². The monoisotopic (exact) mass is 599 g/mol. The zero-order valence-corrected chi connectivity index (χ0v) is 25.2. The predicted molar refractivity (Wildman–Crippen MR) is 193 cm³/mol. The number of aromatic nitrogens is 3. The van der Waals surface area contributed by atoms with E-state index in [1.807, 2.05) is 30.3 Å². The van der Waals surface area contributed by atoms with Gasteiger partial charge in [0.15, 0.2) is 17.5 Å². The zero-order chi connectivity index (χ0) is 30.9. The highest BCUT2D eigenvalue weighted by Crippen LogP contribution is 2.39. The lowest BCUT2D eigenvalue weighted by molar-refractivity contribution is 0.669. The SMILES string of the molecule is c1ccc2c(c1)ccc1cc(-c3nc(-c4cc5ccccc5c5ccccc45)nc(-c4cccc5oc6ccccc6c45)n3)ccc12. The molecule has 0 saturated heterocycles. The van der Waals surface area contributed by atoms with E-state index in [0.717, 1.165) is 54.8 Å². The number of fused-ring (bicyclic) bond motifs is 9. The minimum atomic E-state index is 0.609. The van der Waals surface area contributed by atoms with Gasteiger partial charge in [-0.3, -0.25) is 0 Å². The fourth-order valence-electron chi connectivity index (χ4n) is 7.10. The van der Waals surface area contributed by atoms with Crippen molar-refractivity contribution in [1.82, 2.24) is 15.0 Å². The van der Waals surface area contributed by atoms with E-state index in [1.165, 1.54) is 26.9 Å². The summed E-state index contributed by atoms with van der Waals surface area (Å²) in [5, 5.41) is 11.5. The molecule has 10 aromatic rings. The molecule has 0 amide bonds. The second-order valence-electron chi connectivity index (χ2n) is 12.0. The van der Waals surface area contributed by atoms with Crippen molar-refractivity contribution in [2.24, 2.45) is 0 Å². The summed E-state index contributed by atoms with van der Waals surface area (Å²) in [4.78, 5) is 15.6. The van der Waals surface area contributed by atoms with Crippen molar-refractivity contribution in [2.75, 3.05) is 0 Å². The molecule has 0 saturated carbocycles. The van der Waals surface area contributed by atoms with Crippen LogP contribution in [0.3, 0.4) is 0 Å². The first kappa shape index (κ1) is 25.9. The van der Waals surface area contributed by atoms with Gasteiger partial charge in [0, 0.05) is 27.5 Å². The highest BCUT2D eigenvalue weighted by Gasteiger charge is 2.19. The Bertz CT molecular complexity index is 2870. The van der Waals surface area contributed by atoms with Crippen molar-refractivity contribution in [3.8, 4) is 34.2 Å². The van der Waals surface area contributed by atoms with Gasteiger partial charge in [-0.1, -0.05) is 127 Å². The number of rotatable bonds is 3. The van der Waals surface area contributed by atoms with Gasteiger partial charge in [0.1, 0.15) is 11.2 Å². The van der Waals surface area contributed by atoms with Gasteiger partial charge in [0.05, 0.1) is 0 Å². The summed E-state index contributed by atoms with van der Waals surface area (Å²) in [6.07, 6.45) is 0. The van der Waals surface area contributed by atoms with Crippen LogP contribution in [0.15, 0.2) is 156 Å². The molecular formula is C43H25N3O. The molecule has 47 heavy (non-hydrogen) atoms. The van der Waals surface area contributed by atoms with Crippen molar-refractivity contribution < 1.29 is 4.42 Å². The average Bonchev–Trinajstić information content (AvgIpc) is 3.53. The maximum atomic E-state index is 6.26. The largest absolute Gasteiger partial charge is 0.456 e. The van der Waals surface area contributed by atoms with Gasteiger partial charge < -0.3 is 4.42 Å². The zero-order valence-electron chi connectivity index (χ0n) is 25.2. The van der Waals surface area contributed by atoms with Crippen LogP contribution in [0.1, 0.15) is 0 Å². The number of hydrogen-bond donors (Lipinski definition) is 0. The Morgan fingerprint density at radius 2 is 0.915 bits per heavy atom. The molecule has 0 atom stereocenters. The lowest BCUT2D eigenvalue weighted by atomic mass is 9.96. The van der Waals surface area contributed by atoms with Crippen LogP contribution in [-0.2, 0) is 0 Å². The summed E-state index contributed by atoms with van der Waals surface area (Å²) in [7, 11) is 0. The molecule has 218 valence electrons. The second kappa shape index (κ2) is 10.1. The quantitative estimate of drug-likeness (QED) is 0.190. The summed E-state index contributed by atoms with van der Waals surface area (Å²) in [5.74, 6) is 1.87. The summed E-state index contributed by atoms with van der Waals surface area (Å²) in [5.41, 5.74) is 4.47. The Hall–Kier alpha value is -6.39. The number of furan rings is 1. The maximum absolute atomic E-state index is 6.26. The third-order valence-corrected chi connectivity index (χ3v) is 9.29. The molecule has 0 aliphatic rings. The average molecular weight is 600 g/mol. The van der Waals surface area contributed by atoms with Crippen LogP contribution in [0.5, 0.6) is 0 Å². The van der Waals surface area contributed by atoms with E-state index in [-0.39, 0.29) is 0 Å². The third-order valence-electron chi connectivity index (χ3n) is 9.29. The highest BCUT2D eigenvalue weighted by molar-refractivity contribution is 6.14. The lowest BCUT2D eigenvalue weighted by Gasteiger charge is -2.13. The van der Waals surface area contributed by atoms with Gasteiger partial charge in [0.25, 0.3) is 0 Å². The van der Waals surface area contributed by atoms with Gasteiger partial charge in [0.2, 0.25) is 0 Å². The van der Waals surface area contributed by atoms with E-state index in [2.05, 4.69) is 121 Å². The molecule has 0 bridgehead atoms. The van der Waals surface area contributed by atoms with Gasteiger partial charge in [-0.05, 0) is 67.4 Å². The molecule has 0 aliphatic carbocycles. The molecule has 4 nitrogen and oxygen atoms in total. The van der Waals surface area contributed by atoms with Crippen LogP contribution in [0.25, 0.3) is 99.2 Å². The number of para-hydroxylation sites is 1. The number of nitrogens with zero attached hydrogens (tertiary/aromatic N) is 3. The second-order valence-corrected chi connectivity index (χ2v) is 12.0. The first-order chi connectivity index (χ1) is 23.3. The fourth-order valence-corrected chi connectivity index (χ4v) is 7.10. The molecule has 10 rings (SSSR count). The Kier molecular flexibility index (Phi) is 5.54. The van der Waals surface area contributed by atoms with Crippen molar-refractivity contribution in [3.05, 3.63) is 152 Å². The normalized spacial score (nSPS) is 11.8. The minimum absolute atomic E-state index is 0.609. The topological polar surface area (TPSA) is 51.8 Å². The summed E-state index contributed by atoms with van der Waals surface area (Å²) in [6.45, 7) is 0. The third kappa shape index (κ3) is 4.05. The molecule has 0 fully saturated rings. The maximum Gasteiger partial charge on any atom is 0.164 e. The Labute approximate surface area is 269 Å². The molecule has 0 unspecified atom stereocenters. The summed E-state index contributed by atoms with van der Waals surface area (Å²) >= 11 is 0. The fraction of sp³-hybridized carbons (Fsp3) is 0. The highest BCUT2D eigenvalue weighted by atomic mass is 16.3. The molecule has 0 aliphatic heterocycles. The van der Waals surface area contributed by atoms with Gasteiger partial charge in [-0.25, -0.2) is 15.0 Å². The molecule has 0 spiro atoms. The van der Waals surface area contributed by atoms with Crippen LogP contribution in [0.4, 0.5) is 0 Å². The predicted octanol–water partition coefficient (Wildman–Crippen LogP) is 11.4. The Morgan fingerprint density at radius 1 is 0.340 bits per heavy atom. The molecule has 2 aromatic heterocycles. The van der Waals surface area contributed by atoms with Crippen LogP contribution < -0.4 is 0 Å². The minimum Gasteiger partial charge on any atom is -0.456 e. The first-order valence-electron chi connectivity index (χ1n) is 15.8. The number of hydrogen-bond acceptors (Lipinski definition) is 4. The van der Waals surface area contributed by atoms with Crippen molar-refractivity contribution in [2.45, 2.75) is 0 Å². The van der Waals surface area contributed by atoms with Crippen LogP contribution >= 0.6 is 0 Å². The lowest BCUT2D eigenvalue weighted by Crippen LogP contribution is -2.01. The van der Waals surface area contributed by atoms with Crippen molar-refractivity contribution in [1.29, 1.82) is 0 Å². The van der Waals surface area contributed by atoms with Crippen LogP contribution in [0.2, 0.25) is 0 Å². The Balaban J connectivity index is 1.28. The van der Waals surface area contributed by atoms with Crippen molar-refractivity contribution in [3.63, 3.8) is 0 Å². The molecule has 4 heteroatoms. The van der Waals surface area contributed by atoms with Crippen LogP contribution in [-0.4, -0.2) is 15.0 Å².